The molecule has 0 aliphatic heterocycles. The third kappa shape index (κ3) is 2.85. The Morgan fingerprint density at radius 2 is 2.05 bits per heavy atom. The van der Waals surface area contributed by atoms with Gasteiger partial charge < -0.3 is 4.98 Å². The highest BCUT2D eigenvalue weighted by molar-refractivity contribution is 9.10. The number of thioether (sulfide) groups is 1. The highest BCUT2D eigenvalue weighted by Crippen LogP contribution is 2.31. The van der Waals surface area contributed by atoms with Gasteiger partial charge in [0.2, 0.25) is 0 Å². The van der Waals surface area contributed by atoms with Gasteiger partial charge in [-0.25, -0.2) is 9.37 Å². The van der Waals surface area contributed by atoms with E-state index in [1.54, 1.807) is 12.1 Å². The molecule has 2 aromatic carbocycles. The SMILES string of the molecule is Cc1cc2[nH]c(SCc3ccccc3F)nc2c(Br)c1C. The van der Waals surface area contributed by atoms with Crippen LogP contribution in [0.5, 0.6) is 0 Å². The van der Waals surface area contributed by atoms with Crippen molar-refractivity contribution in [2.45, 2.75) is 24.8 Å². The highest BCUT2D eigenvalue weighted by Gasteiger charge is 2.11. The van der Waals surface area contributed by atoms with E-state index < -0.39 is 0 Å². The van der Waals surface area contributed by atoms with E-state index in [-0.39, 0.29) is 5.82 Å². The summed E-state index contributed by atoms with van der Waals surface area (Å²) in [6.07, 6.45) is 0. The fourth-order valence-corrected chi connectivity index (χ4v) is 3.62. The molecule has 0 saturated carbocycles. The zero-order chi connectivity index (χ0) is 15.0. The summed E-state index contributed by atoms with van der Waals surface area (Å²) < 4.78 is 14.6. The zero-order valence-corrected chi connectivity index (χ0v) is 14.1. The predicted octanol–water partition coefficient (Wildman–Crippen LogP) is 5.37. The number of hydrogen-bond acceptors (Lipinski definition) is 2. The number of benzene rings is 2. The normalized spacial score (nSPS) is 11.2. The van der Waals surface area contributed by atoms with Crippen molar-refractivity contribution in [1.29, 1.82) is 0 Å². The van der Waals surface area contributed by atoms with Crippen molar-refractivity contribution in [3.63, 3.8) is 0 Å². The van der Waals surface area contributed by atoms with E-state index in [9.17, 15) is 4.39 Å². The largest absolute Gasteiger partial charge is 0.333 e. The second-order valence-corrected chi connectivity index (χ2v) is 6.71. The minimum Gasteiger partial charge on any atom is -0.333 e. The molecule has 0 unspecified atom stereocenters. The summed E-state index contributed by atoms with van der Waals surface area (Å²) in [5.41, 5.74) is 5.02. The second-order valence-electron chi connectivity index (χ2n) is 4.95. The van der Waals surface area contributed by atoms with Gasteiger partial charge in [-0.1, -0.05) is 30.0 Å². The minimum absolute atomic E-state index is 0.172. The molecule has 0 aliphatic rings. The lowest BCUT2D eigenvalue weighted by Crippen LogP contribution is -1.86. The van der Waals surface area contributed by atoms with Crippen LogP contribution in [-0.2, 0) is 5.75 Å². The monoisotopic (exact) mass is 364 g/mol. The lowest BCUT2D eigenvalue weighted by molar-refractivity contribution is 0.617. The number of halogens is 2. The van der Waals surface area contributed by atoms with Crippen molar-refractivity contribution in [3.05, 3.63) is 57.3 Å². The number of nitrogens with zero attached hydrogens (tertiary/aromatic N) is 1. The average Bonchev–Trinajstić information content (AvgIpc) is 2.87. The molecule has 0 bridgehead atoms. The Morgan fingerprint density at radius 1 is 1.29 bits per heavy atom. The molecule has 1 N–H and O–H groups in total. The van der Waals surface area contributed by atoms with E-state index in [4.69, 9.17) is 0 Å². The van der Waals surface area contributed by atoms with Crippen molar-refractivity contribution in [3.8, 4) is 0 Å². The number of aryl methyl sites for hydroxylation is 1. The van der Waals surface area contributed by atoms with Gasteiger partial charge in [-0.3, -0.25) is 0 Å². The van der Waals surface area contributed by atoms with Crippen LogP contribution < -0.4 is 0 Å². The van der Waals surface area contributed by atoms with E-state index in [1.165, 1.54) is 29.0 Å². The zero-order valence-electron chi connectivity index (χ0n) is 11.7. The van der Waals surface area contributed by atoms with E-state index in [0.29, 0.717) is 11.3 Å². The predicted molar refractivity (Wildman–Crippen MR) is 89.2 cm³/mol. The van der Waals surface area contributed by atoms with Gasteiger partial charge in [0.15, 0.2) is 5.16 Å². The summed E-state index contributed by atoms with van der Waals surface area (Å²) in [5.74, 6) is 0.385. The number of aromatic amines is 1. The molecule has 5 heteroatoms. The van der Waals surface area contributed by atoms with Gasteiger partial charge in [-0.05, 0) is 58.6 Å². The molecule has 0 aliphatic carbocycles. The van der Waals surface area contributed by atoms with Crippen molar-refractivity contribution >= 4 is 38.7 Å². The van der Waals surface area contributed by atoms with E-state index in [1.807, 2.05) is 6.07 Å². The molecule has 3 aromatic rings. The van der Waals surface area contributed by atoms with Crippen LogP contribution in [0.3, 0.4) is 0 Å². The Hall–Kier alpha value is -1.33. The summed E-state index contributed by atoms with van der Waals surface area (Å²) >= 11 is 5.11. The first-order valence-corrected chi connectivity index (χ1v) is 8.35. The molecular weight excluding hydrogens is 351 g/mol. The molecule has 1 aromatic heterocycles. The van der Waals surface area contributed by atoms with E-state index in [0.717, 1.165) is 20.7 Å². The number of hydrogen-bond donors (Lipinski definition) is 1. The van der Waals surface area contributed by atoms with Crippen molar-refractivity contribution in [1.82, 2.24) is 9.97 Å². The van der Waals surface area contributed by atoms with E-state index >= 15 is 0 Å². The fraction of sp³-hybridized carbons (Fsp3) is 0.188. The molecule has 2 nitrogen and oxygen atoms in total. The second kappa shape index (κ2) is 5.81. The van der Waals surface area contributed by atoms with Gasteiger partial charge in [0, 0.05) is 10.2 Å². The summed E-state index contributed by atoms with van der Waals surface area (Å²) in [6.45, 7) is 4.15. The Kier molecular flexibility index (Phi) is 4.04. The molecule has 3 rings (SSSR count). The fourth-order valence-electron chi connectivity index (χ4n) is 2.14. The van der Waals surface area contributed by atoms with Crippen LogP contribution >= 0.6 is 27.7 Å². The van der Waals surface area contributed by atoms with Crippen LogP contribution in [0.4, 0.5) is 4.39 Å². The lowest BCUT2D eigenvalue weighted by atomic mass is 10.1. The van der Waals surface area contributed by atoms with Crippen molar-refractivity contribution < 1.29 is 4.39 Å². The van der Waals surface area contributed by atoms with Crippen molar-refractivity contribution in [2.24, 2.45) is 0 Å². The summed E-state index contributed by atoms with van der Waals surface area (Å²) in [4.78, 5) is 7.89. The van der Waals surface area contributed by atoms with Crippen LogP contribution in [0, 0.1) is 19.7 Å². The number of aromatic nitrogens is 2. The number of fused-ring (bicyclic) bond motifs is 1. The maximum atomic E-state index is 13.6. The van der Waals surface area contributed by atoms with Crippen LogP contribution in [0.25, 0.3) is 11.0 Å². The summed E-state index contributed by atoms with van der Waals surface area (Å²) in [5, 5.41) is 0.805. The Bertz CT molecular complexity index is 813. The maximum absolute atomic E-state index is 13.6. The Labute approximate surface area is 135 Å². The van der Waals surface area contributed by atoms with Gasteiger partial charge in [0.1, 0.15) is 11.3 Å². The van der Waals surface area contributed by atoms with Crippen LogP contribution in [0.15, 0.2) is 40.0 Å². The van der Waals surface area contributed by atoms with Gasteiger partial charge in [0.05, 0.1) is 5.52 Å². The van der Waals surface area contributed by atoms with Gasteiger partial charge in [0.25, 0.3) is 0 Å². The first-order chi connectivity index (χ1) is 10.1. The average molecular weight is 365 g/mol. The maximum Gasteiger partial charge on any atom is 0.166 e. The summed E-state index contributed by atoms with van der Waals surface area (Å²) in [7, 11) is 0. The van der Waals surface area contributed by atoms with Gasteiger partial charge in [-0.2, -0.15) is 0 Å². The molecule has 0 atom stereocenters. The Morgan fingerprint density at radius 3 is 2.81 bits per heavy atom. The first kappa shape index (κ1) is 14.6. The quantitative estimate of drug-likeness (QED) is 0.632. The Balaban J connectivity index is 1.89. The van der Waals surface area contributed by atoms with E-state index in [2.05, 4.69) is 45.8 Å². The molecule has 21 heavy (non-hydrogen) atoms. The number of nitrogens with one attached hydrogen (secondary N) is 1. The molecular formula is C16H14BrFN2S. The third-order valence-electron chi connectivity index (χ3n) is 3.52. The standard InChI is InChI=1S/C16H14BrFN2S/c1-9-7-13-15(14(17)10(9)2)20-16(19-13)21-8-11-5-3-4-6-12(11)18/h3-7H,8H2,1-2H3,(H,19,20). The molecule has 0 fully saturated rings. The third-order valence-corrected chi connectivity index (χ3v) is 5.41. The summed E-state index contributed by atoms with van der Waals surface area (Å²) in [6, 6.07) is 8.93. The van der Waals surface area contributed by atoms with Crippen LogP contribution in [-0.4, -0.2) is 9.97 Å². The molecule has 0 spiro atoms. The molecule has 0 amide bonds. The number of H-pyrrole nitrogens is 1. The van der Waals surface area contributed by atoms with Gasteiger partial charge >= 0.3 is 0 Å². The van der Waals surface area contributed by atoms with Crippen molar-refractivity contribution in [2.75, 3.05) is 0 Å². The highest BCUT2D eigenvalue weighted by atomic mass is 79.9. The number of rotatable bonds is 3. The minimum atomic E-state index is -0.172. The van der Waals surface area contributed by atoms with Gasteiger partial charge in [-0.15, -0.1) is 0 Å². The molecule has 1 heterocycles. The molecule has 108 valence electrons. The first-order valence-electron chi connectivity index (χ1n) is 6.58. The molecule has 0 saturated heterocycles. The number of imidazole rings is 1. The smallest absolute Gasteiger partial charge is 0.166 e. The van der Waals surface area contributed by atoms with Crippen LogP contribution in [0.2, 0.25) is 0 Å². The lowest BCUT2D eigenvalue weighted by Gasteiger charge is -2.02. The topological polar surface area (TPSA) is 28.7 Å². The molecule has 0 radical (unpaired) electrons. The van der Waals surface area contributed by atoms with Crippen LogP contribution in [0.1, 0.15) is 16.7 Å².